The summed E-state index contributed by atoms with van der Waals surface area (Å²) in [6, 6.07) is 11.2. The van der Waals surface area contributed by atoms with Gasteiger partial charge in [0.2, 0.25) is 5.91 Å². The number of para-hydroxylation sites is 1. The maximum absolute atomic E-state index is 12.6. The first-order valence-electron chi connectivity index (χ1n) is 7.66. The van der Waals surface area contributed by atoms with Crippen LogP contribution in [0.4, 0.5) is 11.4 Å². The Hall–Kier alpha value is -3.06. The van der Waals surface area contributed by atoms with Crippen molar-refractivity contribution in [3.63, 3.8) is 0 Å². The van der Waals surface area contributed by atoms with Crippen LogP contribution in [0.3, 0.4) is 0 Å². The van der Waals surface area contributed by atoms with E-state index in [1.54, 1.807) is 42.5 Å². The smallest absolute Gasteiger partial charge is 0.303 e. The Balaban J connectivity index is 2.18. The summed E-state index contributed by atoms with van der Waals surface area (Å²) in [5.74, 6) is -1.60. The standard InChI is InChI=1S/C18H17ClN2O5/c1-26-15-7-6-11(19)10-14(15)21-18(25)12-4-2-3-5-13(12)20-16(22)8-9-17(23)24/h2-7,10H,8-9H2,1H3,(H,20,22)(H,21,25)(H,23,24). The number of halogens is 1. The number of rotatable bonds is 7. The first-order chi connectivity index (χ1) is 12.4. The van der Waals surface area contributed by atoms with Crippen molar-refractivity contribution in [2.24, 2.45) is 0 Å². The molecule has 0 atom stereocenters. The van der Waals surface area contributed by atoms with E-state index in [0.717, 1.165) is 0 Å². The van der Waals surface area contributed by atoms with Gasteiger partial charge in [-0.3, -0.25) is 14.4 Å². The van der Waals surface area contributed by atoms with Crippen molar-refractivity contribution in [2.45, 2.75) is 12.8 Å². The van der Waals surface area contributed by atoms with Crippen molar-refractivity contribution >= 4 is 40.8 Å². The number of carbonyl (C=O) groups excluding carboxylic acids is 2. The molecular formula is C18H17ClN2O5. The summed E-state index contributed by atoms with van der Waals surface area (Å²) in [4.78, 5) is 35.0. The number of carboxylic acids is 1. The summed E-state index contributed by atoms with van der Waals surface area (Å²) in [5, 5.41) is 14.3. The van der Waals surface area contributed by atoms with Crippen LogP contribution in [0.25, 0.3) is 0 Å². The van der Waals surface area contributed by atoms with E-state index in [1.807, 2.05) is 0 Å². The zero-order valence-electron chi connectivity index (χ0n) is 13.9. The Morgan fingerprint density at radius 2 is 1.77 bits per heavy atom. The lowest BCUT2D eigenvalue weighted by molar-refractivity contribution is -0.138. The molecule has 3 N–H and O–H groups in total. The maximum Gasteiger partial charge on any atom is 0.303 e. The minimum Gasteiger partial charge on any atom is -0.495 e. The molecule has 0 bridgehead atoms. The zero-order chi connectivity index (χ0) is 19.1. The summed E-state index contributed by atoms with van der Waals surface area (Å²) >= 11 is 5.95. The van der Waals surface area contributed by atoms with E-state index in [0.29, 0.717) is 16.5 Å². The summed E-state index contributed by atoms with van der Waals surface area (Å²) in [5.41, 5.74) is 0.886. The lowest BCUT2D eigenvalue weighted by Crippen LogP contribution is -2.19. The Morgan fingerprint density at radius 3 is 2.46 bits per heavy atom. The molecule has 2 rings (SSSR count). The molecule has 0 fully saturated rings. The average molecular weight is 377 g/mol. The number of ether oxygens (including phenoxy) is 1. The molecule has 2 amide bonds. The highest BCUT2D eigenvalue weighted by molar-refractivity contribution is 6.31. The summed E-state index contributed by atoms with van der Waals surface area (Å²) < 4.78 is 5.19. The van der Waals surface area contributed by atoms with Crippen LogP contribution in [0, 0.1) is 0 Å². The lowest BCUT2D eigenvalue weighted by Gasteiger charge is -2.13. The third-order valence-electron chi connectivity index (χ3n) is 3.42. The number of aliphatic carboxylic acids is 1. The molecule has 7 nitrogen and oxygen atoms in total. The molecule has 0 heterocycles. The fourth-order valence-electron chi connectivity index (χ4n) is 2.19. The Labute approximate surface area is 154 Å². The highest BCUT2D eigenvalue weighted by atomic mass is 35.5. The first-order valence-corrected chi connectivity index (χ1v) is 8.04. The Bertz CT molecular complexity index is 838. The van der Waals surface area contributed by atoms with Gasteiger partial charge in [-0.1, -0.05) is 23.7 Å². The number of anilines is 2. The normalized spacial score (nSPS) is 10.1. The predicted octanol–water partition coefficient (Wildman–Crippen LogP) is 3.40. The summed E-state index contributed by atoms with van der Waals surface area (Å²) in [6.45, 7) is 0. The van der Waals surface area contributed by atoms with Crippen molar-refractivity contribution in [1.29, 1.82) is 0 Å². The number of amides is 2. The molecule has 0 radical (unpaired) electrons. The van der Waals surface area contributed by atoms with Gasteiger partial charge in [-0.25, -0.2) is 0 Å². The van der Waals surface area contributed by atoms with Crippen LogP contribution < -0.4 is 15.4 Å². The second-order valence-electron chi connectivity index (χ2n) is 5.29. The molecule has 136 valence electrons. The fraction of sp³-hybridized carbons (Fsp3) is 0.167. The van der Waals surface area contributed by atoms with Crippen LogP contribution in [-0.2, 0) is 9.59 Å². The van der Waals surface area contributed by atoms with Crippen LogP contribution >= 0.6 is 11.6 Å². The van der Waals surface area contributed by atoms with Crippen molar-refractivity contribution in [3.05, 3.63) is 53.1 Å². The van der Waals surface area contributed by atoms with Crippen LogP contribution in [0.5, 0.6) is 5.75 Å². The summed E-state index contributed by atoms with van der Waals surface area (Å²) in [7, 11) is 1.47. The number of methoxy groups -OCH3 is 1. The molecule has 0 aliphatic heterocycles. The van der Waals surface area contributed by atoms with Crippen LogP contribution in [-0.4, -0.2) is 30.0 Å². The third kappa shape index (κ3) is 5.22. The lowest BCUT2D eigenvalue weighted by atomic mass is 10.1. The van der Waals surface area contributed by atoms with Gasteiger partial charge in [0.15, 0.2) is 0 Å². The molecule has 0 spiro atoms. The van der Waals surface area contributed by atoms with Gasteiger partial charge in [0.25, 0.3) is 5.91 Å². The second-order valence-corrected chi connectivity index (χ2v) is 5.72. The van der Waals surface area contributed by atoms with Crippen molar-refractivity contribution in [2.75, 3.05) is 17.7 Å². The number of carboxylic acid groups (broad SMARTS) is 1. The van der Waals surface area contributed by atoms with Crippen molar-refractivity contribution < 1.29 is 24.2 Å². The molecular weight excluding hydrogens is 360 g/mol. The number of benzene rings is 2. The van der Waals surface area contributed by atoms with Crippen LogP contribution in [0.2, 0.25) is 5.02 Å². The van der Waals surface area contributed by atoms with E-state index in [1.165, 1.54) is 7.11 Å². The molecule has 8 heteroatoms. The van der Waals surface area contributed by atoms with E-state index in [-0.39, 0.29) is 24.1 Å². The van der Waals surface area contributed by atoms with E-state index in [9.17, 15) is 14.4 Å². The van der Waals surface area contributed by atoms with Crippen molar-refractivity contribution in [3.8, 4) is 5.75 Å². The van der Waals surface area contributed by atoms with Crippen LogP contribution in [0.15, 0.2) is 42.5 Å². The molecule has 26 heavy (non-hydrogen) atoms. The molecule has 0 unspecified atom stereocenters. The topological polar surface area (TPSA) is 105 Å². The Morgan fingerprint density at radius 1 is 1.04 bits per heavy atom. The molecule has 2 aromatic rings. The zero-order valence-corrected chi connectivity index (χ0v) is 14.7. The minimum atomic E-state index is -1.07. The third-order valence-corrected chi connectivity index (χ3v) is 3.66. The minimum absolute atomic E-state index is 0.187. The average Bonchev–Trinajstić information content (AvgIpc) is 2.60. The van der Waals surface area contributed by atoms with Gasteiger partial charge in [0.05, 0.1) is 30.5 Å². The van der Waals surface area contributed by atoms with Gasteiger partial charge in [-0.05, 0) is 30.3 Å². The first kappa shape index (κ1) is 19.3. The SMILES string of the molecule is COc1ccc(Cl)cc1NC(=O)c1ccccc1NC(=O)CCC(=O)O. The van der Waals surface area contributed by atoms with Gasteiger partial charge < -0.3 is 20.5 Å². The van der Waals surface area contributed by atoms with E-state index in [4.69, 9.17) is 21.4 Å². The van der Waals surface area contributed by atoms with Gasteiger partial charge in [-0.15, -0.1) is 0 Å². The number of carbonyl (C=O) groups is 3. The van der Waals surface area contributed by atoms with E-state index in [2.05, 4.69) is 10.6 Å². The van der Waals surface area contributed by atoms with E-state index >= 15 is 0 Å². The largest absolute Gasteiger partial charge is 0.495 e. The highest BCUT2D eigenvalue weighted by Gasteiger charge is 2.15. The fourth-order valence-corrected chi connectivity index (χ4v) is 2.36. The second kappa shape index (κ2) is 8.87. The van der Waals surface area contributed by atoms with E-state index < -0.39 is 17.8 Å². The van der Waals surface area contributed by atoms with Crippen molar-refractivity contribution in [1.82, 2.24) is 0 Å². The quantitative estimate of drug-likeness (QED) is 0.686. The predicted molar refractivity (Wildman–Crippen MR) is 97.9 cm³/mol. The van der Waals surface area contributed by atoms with Gasteiger partial charge in [0, 0.05) is 11.4 Å². The number of nitrogens with one attached hydrogen (secondary N) is 2. The van der Waals surface area contributed by atoms with Gasteiger partial charge in [0.1, 0.15) is 5.75 Å². The maximum atomic E-state index is 12.6. The molecule has 0 aliphatic carbocycles. The number of hydrogen-bond donors (Lipinski definition) is 3. The van der Waals surface area contributed by atoms with Gasteiger partial charge in [-0.2, -0.15) is 0 Å². The highest BCUT2D eigenvalue weighted by Crippen LogP contribution is 2.28. The molecule has 0 aliphatic rings. The van der Waals surface area contributed by atoms with Crippen LogP contribution in [0.1, 0.15) is 23.2 Å². The molecule has 0 saturated heterocycles. The number of hydrogen-bond acceptors (Lipinski definition) is 4. The monoisotopic (exact) mass is 376 g/mol. The van der Waals surface area contributed by atoms with Gasteiger partial charge >= 0.3 is 5.97 Å². The Kier molecular flexibility index (Phi) is 6.57. The summed E-state index contributed by atoms with van der Waals surface area (Å²) in [6.07, 6.45) is -0.479. The molecule has 0 saturated carbocycles. The molecule has 2 aromatic carbocycles. The molecule has 0 aromatic heterocycles.